The van der Waals surface area contributed by atoms with Crippen LogP contribution in [0.1, 0.15) is 93.2 Å². The Morgan fingerprint density at radius 1 is 0.800 bits per heavy atom. The number of hydrogen-bond donors (Lipinski definition) is 0. The van der Waals surface area contributed by atoms with E-state index in [2.05, 4.69) is 81.4 Å². The molecule has 0 bridgehead atoms. The standard InChI is InChI=1S/C23H37O2/c1-20(2,3)14-22(7,8)17-11-12-19(25-16-24)18(13-17)23(9,10)15-21(4,5)6/h11-13H,14-15H2,1-10H3. The predicted octanol–water partition coefficient (Wildman–Crippen LogP) is 6.56. The highest BCUT2D eigenvalue weighted by molar-refractivity contribution is 5.52. The maximum Gasteiger partial charge on any atom is 0.423 e. The molecule has 0 aliphatic rings. The van der Waals surface area contributed by atoms with Gasteiger partial charge in [0.25, 0.3) is 0 Å². The van der Waals surface area contributed by atoms with Crippen molar-refractivity contribution in [1.29, 1.82) is 0 Å². The first-order valence-corrected chi connectivity index (χ1v) is 9.26. The van der Waals surface area contributed by atoms with Crippen LogP contribution < -0.4 is 4.74 Å². The SMILES string of the molecule is CC(C)(C)CC(C)(C)c1ccc(O[C]=O)c(C(C)(C)CC(C)(C)C)c1. The van der Waals surface area contributed by atoms with Crippen LogP contribution in [0.4, 0.5) is 0 Å². The van der Waals surface area contributed by atoms with Crippen molar-refractivity contribution in [2.24, 2.45) is 10.8 Å². The molecule has 141 valence electrons. The van der Waals surface area contributed by atoms with E-state index in [1.807, 2.05) is 6.07 Å². The number of hydrogen-bond acceptors (Lipinski definition) is 2. The summed E-state index contributed by atoms with van der Waals surface area (Å²) in [5, 5.41) is 0. The molecule has 0 amide bonds. The Morgan fingerprint density at radius 3 is 1.72 bits per heavy atom. The average Bonchev–Trinajstić information content (AvgIpc) is 2.33. The minimum absolute atomic E-state index is 0.0498. The van der Waals surface area contributed by atoms with Crippen LogP contribution in [0.2, 0.25) is 0 Å². The minimum atomic E-state index is -0.0990. The van der Waals surface area contributed by atoms with Crippen molar-refractivity contribution in [3.05, 3.63) is 29.3 Å². The van der Waals surface area contributed by atoms with E-state index in [4.69, 9.17) is 4.74 Å². The molecule has 1 aromatic rings. The Bertz CT molecular complexity index is 595. The lowest BCUT2D eigenvalue weighted by Gasteiger charge is -2.36. The Labute approximate surface area is 155 Å². The van der Waals surface area contributed by atoms with Gasteiger partial charge in [-0.05, 0) is 46.1 Å². The van der Waals surface area contributed by atoms with E-state index in [0.717, 1.165) is 18.4 Å². The molecule has 1 radical (unpaired) electrons. The topological polar surface area (TPSA) is 26.3 Å². The van der Waals surface area contributed by atoms with Crippen LogP contribution in [0.25, 0.3) is 0 Å². The molecule has 0 atom stereocenters. The van der Waals surface area contributed by atoms with Crippen molar-refractivity contribution >= 4 is 6.47 Å². The summed E-state index contributed by atoms with van der Waals surface area (Å²) in [6.07, 6.45) is 2.08. The molecule has 25 heavy (non-hydrogen) atoms. The molecule has 0 unspecified atom stereocenters. The van der Waals surface area contributed by atoms with Gasteiger partial charge in [0.2, 0.25) is 0 Å². The zero-order valence-electron chi connectivity index (χ0n) is 18.0. The first-order valence-electron chi connectivity index (χ1n) is 9.26. The Morgan fingerprint density at radius 2 is 1.28 bits per heavy atom. The van der Waals surface area contributed by atoms with Gasteiger partial charge >= 0.3 is 6.47 Å². The van der Waals surface area contributed by atoms with Crippen LogP contribution in [0, 0.1) is 10.8 Å². The molecule has 0 fully saturated rings. The van der Waals surface area contributed by atoms with Gasteiger partial charge < -0.3 is 4.74 Å². The van der Waals surface area contributed by atoms with E-state index in [9.17, 15) is 4.79 Å². The molecule has 1 aromatic carbocycles. The normalized spacial score (nSPS) is 13.7. The van der Waals surface area contributed by atoms with E-state index >= 15 is 0 Å². The van der Waals surface area contributed by atoms with Gasteiger partial charge in [-0.25, -0.2) is 4.79 Å². The van der Waals surface area contributed by atoms with Crippen molar-refractivity contribution in [2.45, 2.75) is 92.9 Å². The molecule has 0 saturated heterocycles. The van der Waals surface area contributed by atoms with E-state index in [0.29, 0.717) is 5.75 Å². The summed E-state index contributed by atoms with van der Waals surface area (Å²) in [4.78, 5) is 10.9. The molecule has 1 rings (SSSR count). The first-order chi connectivity index (χ1) is 11.1. The zero-order valence-corrected chi connectivity index (χ0v) is 18.0. The van der Waals surface area contributed by atoms with Crippen molar-refractivity contribution in [3.8, 4) is 5.75 Å². The third-order valence-corrected chi connectivity index (χ3v) is 4.59. The largest absolute Gasteiger partial charge is 0.423 e. The van der Waals surface area contributed by atoms with Crippen LogP contribution in [0.3, 0.4) is 0 Å². The van der Waals surface area contributed by atoms with Crippen molar-refractivity contribution in [3.63, 3.8) is 0 Å². The summed E-state index contributed by atoms with van der Waals surface area (Å²) in [5.74, 6) is 0.625. The maximum atomic E-state index is 10.9. The summed E-state index contributed by atoms with van der Waals surface area (Å²) >= 11 is 0. The van der Waals surface area contributed by atoms with Crippen LogP contribution >= 0.6 is 0 Å². The molecule has 0 spiro atoms. The summed E-state index contributed by atoms with van der Waals surface area (Å²) < 4.78 is 5.20. The third-order valence-electron chi connectivity index (χ3n) is 4.59. The summed E-state index contributed by atoms with van der Waals surface area (Å²) in [6.45, 7) is 24.2. The van der Waals surface area contributed by atoms with E-state index in [1.54, 1.807) is 6.47 Å². The lowest BCUT2D eigenvalue weighted by molar-refractivity contribution is 0.276. The third kappa shape index (κ3) is 6.49. The molecule has 0 aromatic heterocycles. The fraction of sp³-hybridized carbons (Fsp3) is 0.696. The number of carbonyl (C=O) groups excluding carboxylic acids is 1. The fourth-order valence-electron chi connectivity index (χ4n) is 4.46. The fourth-order valence-corrected chi connectivity index (χ4v) is 4.46. The number of ether oxygens (including phenoxy) is 1. The van der Waals surface area contributed by atoms with Crippen molar-refractivity contribution in [1.82, 2.24) is 0 Å². The number of rotatable bonds is 6. The Hall–Kier alpha value is -1.31. The summed E-state index contributed by atoms with van der Waals surface area (Å²) in [6, 6.07) is 6.27. The molecular weight excluding hydrogens is 308 g/mol. The summed E-state index contributed by atoms with van der Waals surface area (Å²) in [7, 11) is 0. The molecule has 0 N–H and O–H groups in total. The molecule has 2 nitrogen and oxygen atoms in total. The van der Waals surface area contributed by atoms with Gasteiger partial charge in [0.05, 0.1) is 0 Å². The minimum Gasteiger partial charge on any atom is -0.418 e. The average molecular weight is 346 g/mol. The van der Waals surface area contributed by atoms with Crippen molar-refractivity contribution in [2.75, 3.05) is 0 Å². The van der Waals surface area contributed by atoms with Gasteiger partial charge in [-0.1, -0.05) is 81.4 Å². The van der Waals surface area contributed by atoms with Crippen molar-refractivity contribution < 1.29 is 9.53 Å². The second kappa shape index (κ2) is 7.13. The Kier molecular flexibility index (Phi) is 6.20. The summed E-state index contributed by atoms with van der Waals surface area (Å²) in [5.41, 5.74) is 2.76. The van der Waals surface area contributed by atoms with E-state index in [1.165, 1.54) is 5.56 Å². The molecule has 0 aliphatic heterocycles. The lowest BCUT2D eigenvalue weighted by atomic mass is 9.68. The highest BCUT2D eigenvalue weighted by Gasteiger charge is 2.33. The zero-order chi connectivity index (χ0) is 19.7. The van der Waals surface area contributed by atoms with Crippen LogP contribution in [-0.2, 0) is 15.6 Å². The highest BCUT2D eigenvalue weighted by Crippen LogP contribution is 2.43. The number of benzene rings is 1. The van der Waals surface area contributed by atoms with E-state index in [-0.39, 0.29) is 21.7 Å². The quantitative estimate of drug-likeness (QED) is 0.583. The van der Waals surface area contributed by atoms with Gasteiger partial charge in [0.1, 0.15) is 5.75 Å². The second-order valence-electron chi connectivity index (χ2n) is 11.1. The van der Waals surface area contributed by atoms with Gasteiger partial charge in [-0.3, -0.25) is 0 Å². The lowest BCUT2D eigenvalue weighted by Crippen LogP contribution is -2.28. The van der Waals surface area contributed by atoms with E-state index < -0.39 is 0 Å². The van der Waals surface area contributed by atoms with Crippen LogP contribution in [-0.4, -0.2) is 6.47 Å². The predicted molar refractivity (Wildman–Crippen MR) is 107 cm³/mol. The van der Waals surface area contributed by atoms with Gasteiger partial charge in [0.15, 0.2) is 0 Å². The van der Waals surface area contributed by atoms with Crippen LogP contribution in [0.5, 0.6) is 5.75 Å². The molecular formula is C23H37O2. The van der Waals surface area contributed by atoms with Crippen LogP contribution in [0.15, 0.2) is 18.2 Å². The Balaban J connectivity index is 3.42. The smallest absolute Gasteiger partial charge is 0.418 e. The first kappa shape index (κ1) is 21.7. The molecule has 2 heteroatoms. The van der Waals surface area contributed by atoms with Gasteiger partial charge in [-0.15, -0.1) is 0 Å². The monoisotopic (exact) mass is 345 g/mol. The molecule has 0 saturated carbocycles. The van der Waals surface area contributed by atoms with Gasteiger partial charge in [0, 0.05) is 5.56 Å². The second-order valence-corrected chi connectivity index (χ2v) is 11.1. The maximum absolute atomic E-state index is 10.9. The molecule has 0 aliphatic carbocycles. The van der Waals surface area contributed by atoms with Gasteiger partial charge in [-0.2, -0.15) is 0 Å². The highest BCUT2D eigenvalue weighted by atomic mass is 16.5. The molecule has 0 heterocycles.